The van der Waals surface area contributed by atoms with Gasteiger partial charge in [0.15, 0.2) is 0 Å². The van der Waals surface area contributed by atoms with Crippen LogP contribution in [0.5, 0.6) is 0 Å². The van der Waals surface area contributed by atoms with E-state index in [1.165, 1.54) is 0 Å². The van der Waals surface area contributed by atoms with Gasteiger partial charge in [-0.15, -0.1) is 0 Å². The van der Waals surface area contributed by atoms with E-state index < -0.39 is 0 Å². The zero-order valence-corrected chi connectivity index (χ0v) is 12.2. The third-order valence-corrected chi connectivity index (χ3v) is 3.46. The second-order valence-electron chi connectivity index (χ2n) is 5.59. The molecule has 0 unspecified atom stereocenters. The lowest BCUT2D eigenvalue weighted by molar-refractivity contribution is -0.128. The summed E-state index contributed by atoms with van der Waals surface area (Å²) >= 11 is 0. The molecule has 0 radical (unpaired) electrons. The summed E-state index contributed by atoms with van der Waals surface area (Å²) in [5.41, 5.74) is 1.83. The molecule has 0 aromatic heterocycles. The van der Waals surface area contributed by atoms with Crippen LogP contribution in [0, 0.1) is 0 Å². The second kappa shape index (κ2) is 6.55. The van der Waals surface area contributed by atoms with E-state index in [1.54, 1.807) is 19.0 Å². The molecule has 1 aromatic rings. The number of carbonyl (C=O) groups is 2. The Hall–Kier alpha value is -1.84. The number of nitrogens with zero attached hydrogens (tertiary/aromatic N) is 1. The number of aryl methyl sites for hydroxylation is 1. The molecule has 2 amide bonds. The molecule has 108 valence electrons. The zero-order chi connectivity index (χ0) is 14.5. The highest BCUT2D eigenvalue weighted by molar-refractivity contribution is 5.94. The smallest absolute Gasteiger partial charge is 0.251 e. The van der Waals surface area contributed by atoms with Crippen molar-refractivity contribution in [2.45, 2.75) is 38.1 Å². The van der Waals surface area contributed by atoms with Crippen LogP contribution < -0.4 is 5.32 Å². The summed E-state index contributed by atoms with van der Waals surface area (Å²) in [6, 6.07) is 8.06. The molecule has 1 aliphatic rings. The molecule has 1 saturated carbocycles. The first-order valence-corrected chi connectivity index (χ1v) is 7.16. The lowest BCUT2D eigenvalue weighted by Gasteiger charge is -2.10. The molecule has 0 heterocycles. The van der Waals surface area contributed by atoms with Crippen molar-refractivity contribution in [3.63, 3.8) is 0 Å². The Kier molecular flexibility index (Phi) is 4.77. The lowest BCUT2D eigenvalue weighted by Crippen LogP contribution is -2.25. The Morgan fingerprint density at radius 1 is 1.30 bits per heavy atom. The van der Waals surface area contributed by atoms with E-state index in [2.05, 4.69) is 5.32 Å². The monoisotopic (exact) mass is 274 g/mol. The summed E-state index contributed by atoms with van der Waals surface area (Å²) in [7, 11) is 3.54. The van der Waals surface area contributed by atoms with E-state index >= 15 is 0 Å². The molecule has 0 aliphatic heterocycles. The molecule has 4 nitrogen and oxygen atoms in total. The highest BCUT2D eigenvalue weighted by atomic mass is 16.2. The molecular weight excluding hydrogens is 252 g/mol. The number of hydrogen-bond acceptors (Lipinski definition) is 2. The molecule has 0 atom stereocenters. The van der Waals surface area contributed by atoms with Crippen molar-refractivity contribution in [3.05, 3.63) is 35.4 Å². The normalized spacial score (nSPS) is 13.9. The molecule has 2 rings (SSSR count). The van der Waals surface area contributed by atoms with Crippen LogP contribution in [0.15, 0.2) is 24.3 Å². The topological polar surface area (TPSA) is 49.4 Å². The van der Waals surface area contributed by atoms with Crippen LogP contribution in [-0.2, 0) is 11.2 Å². The number of benzene rings is 1. The first-order chi connectivity index (χ1) is 9.56. The maximum Gasteiger partial charge on any atom is 0.251 e. The minimum Gasteiger partial charge on any atom is -0.349 e. The van der Waals surface area contributed by atoms with Crippen molar-refractivity contribution < 1.29 is 9.59 Å². The maximum absolute atomic E-state index is 11.9. The van der Waals surface area contributed by atoms with Crippen molar-refractivity contribution in [1.82, 2.24) is 10.2 Å². The minimum absolute atomic E-state index is 0.0127. The van der Waals surface area contributed by atoms with Crippen LogP contribution in [0.2, 0.25) is 0 Å². The summed E-state index contributed by atoms with van der Waals surface area (Å²) in [5, 5.41) is 2.99. The molecule has 20 heavy (non-hydrogen) atoms. The summed E-state index contributed by atoms with van der Waals surface area (Å²) in [5.74, 6) is 0.159. The first-order valence-electron chi connectivity index (χ1n) is 7.16. The van der Waals surface area contributed by atoms with E-state index in [0.29, 0.717) is 18.0 Å². The Balaban J connectivity index is 1.85. The average Bonchev–Trinajstić information content (AvgIpc) is 3.22. The standard InChI is InChI=1S/C16H22N2O2/c1-18(2)15(19)8-4-6-12-5-3-7-13(11-12)16(20)17-14-9-10-14/h3,5,7,11,14H,4,6,8-10H2,1-2H3,(H,17,20). The fourth-order valence-electron chi connectivity index (χ4n) is 2.03. The highest BCUT2D eigenvalue weighted by Gasteiger charge is 2.23. The van der Waals surface area contributed by atoms with Gasteiger partial charge in [0, 0.05) is 32.1 Å². The van der Waals surface area contributed by atoms with E-state index in [0.717, 1.165) is 31.2 Å². The molecule has 0 saturated heterocycles. The SMILES string of the molecule is CN(C)C(=O)CCCc1cccc(C(=O)NC2CC2)c1. The van der Waals surface area contributed by atoms with Gasteiger partial charge in [-0.1, -0.05) is 12.1 Å². The number of rotatable bonds is 6. The molecule has 4 heteroatoms. The van der Waals surface area contributed by atoms with Crippen molar-refractivity contribution in [2.75, 3.05) is 14.1 Å². The van der Waals surface area contributed by atoms with Crippen LogP contribution in [-0.4, -0.2) is 36.9 Å². The van der Waals surface area contributed by atoms with Crippen LogP contribution in [0.1, 0.15) is 41.6 Å². The summed E-state index contributed by atoms with van der Waals surface area (Å²) in [6.07, 6.45) is 4.37. The van der Waals surface area contributed by atoms with Gasteiger partial charge in [-0.3, -0.25) is 9.59 Å². The zero-order valence-electron chi connectivity index (χ0n) is 12.2. The van der Waals surface area contributed by atoms with Gasteiger partial charge in [0.25, 0.3) is 5.91 Å². The quantitative estimate of drug-likeness (QED) is 0.862. The maximum atomic E-state index is 11.9. The van der Waals surface area contributed by atoms with Gasteiger partial charge in [0.05, 0.1) is 0 Å². The van der Waals surface area contributed by atoms with Crippen molar-refractivity contribution in [3.8, 4) is 0 Å². The Labute approximate surface area is 120 Å². The molecule has 1 aromatic carbocycles. The van der Waals surface area contributed by atoms with E-state index in [-0.39, 0.29) is 11.8 Å². The molecule has 1 aliphatic carbocycles. The predicted octanol–water partition coefficient (Wildman–Crippen LogP) is 1.99. The molecule has 0 bridgehead atoms. The van der Waals surface area contributed by atoms with Crippen LogP contribution >= 0.6 is 0 Å². The Morgan fingerprint density at radius 3 is 2.70 bits per heavy atom. The third-order valence-electron chi connectivity index (χ3n) is 3.46. The fourth-order valence-corrected chi connectivity index (χ4v) is 2.03. The summed E-state index contributed by atoms with van der Waals surface area (Å²) < 4.78 is 0. The Bertz CT molecular complexity index is 493. The van der Waals surface area contributed by atoms with Crippen molar-refractivity contribution in [2.24, 2.45) is 0 Å². The third kappa shape index (κ3) is 4.37. The Morgan fingerprint density at radius 2 is 2.05 bits per heavy atom. The second-order valence-corrected chi connectivity index (χ2v) is 5.59. The highest BCUT2D eigenvalue weighted by Crippen LogP contribution is 2.19. The average molecular weight is 274 g/mol. The van der Waals surface area contributed by atoms with Crippen molar-refractivity contribution >= 4 is 11.8 Å². The fraction of sp³-hybridized carbons (Fsp3) is 0.500. The van der Waals surface area contributed by atoms with Gasteiger partial charge in [0.2, 0.25) is 5.91 Å². The number of amides is 2. The van der Waals surface area contributed by atoms with Crippen LogP contribution in [0.4, 0.5) is 0 Å². The van der Waals surface area contributed by atoms with Crippen LogP contribution in [0.3, 0.4) is 0 Å². The largest absolute Gasteiger partial charge is 0.349 e. The van der Waals surface area contributed by atoms with E-state index in [9.17, 15) is 9.59 Å². The van der Waals surface area contributed by atoms with Gasteiger partial charge in [-0.05, 0) is 43.4 Å². The van der Waals surface area contributed by atoms with Gasteiger partial charge in [-0.25, -0.2) is 0 Å². The van der Waals surface area contributed by atoms with E-state index in [4.69, 9.17) is 0 Å². The minimum atomic E-state index is 0.0127. The van der Waals surface area contributed by atoms with Crippen LogP contribution in [0.25, 0.3) is 0 Å². The van der Waals surface area contributed by atoms with Gasteiger partial charge >= 0.3 is 0 Å². The summed E-state index contributed by atoms with van der Waals surface area (Å²) in [4.78, 5) is 25.1. The molecule has 0 spiro atoms. The first kappa shape index (κ1) is 14.6. The van der Waals surface area contributed by atoms with Gasteiger partial charge < -0.3 is 10.2 Å². The summed E-state index contributed by atoms with van der Waals surface area (Å²) in [6.45, 7) is 0. The van der Waals surface area contributed by atoms with Gasteiger partial charge in [0.1, 0.15) is 0 Å². The molecule has 1 fully saturated rings. The van der Waals surface area contributed by atoms with E-state index in [1.807, 2.05) is 24.3 Å². The molecule has 1 N–H and O–H groups in total. The number of nitrogens with one attached hydrogen (secondary N) is 1. The number of hydrogen-bond donors (Lipinski definition) is 1. The number of carbonyl (C=O) groups excluding carboxylic acids is 2. The lowest BCUT2D eigenvalue weighted by atomic mass is 10.0. The van der Waals surface area contributed by atoms with Crippen molar-refractivity contribution in [1.29, 1.82) is 0 Å². The molecular formula is C16H22N2O2. The predicted molar refractivity (Wildman–Crippen MR) is 78.6 cm³/mol. The van der Waals surface area contributed by atoms with Gasteiger partial charge in [-0.2, -0.15) is 0 Å².